The van der Waals surface area contributed by atoms with E-state index in [2.05, 4.69) is 169 Å². The van der Waals surface area contributed by atoms with E-state index >= 15 is 0 Å². The van der Waals surface area contributed by atoms with Crippen molar-refractivity contribution >= 4 is 76.1 Å². The van der Waals surface area contributed by atoms with E-state index in [0.29, 0.717) is 11.5 Å². The summed E-state index contributed by atoms with van der Waals surface area (Å²) < 4.78 is 11.3. The Labute approximate surface area is 327 Å². The first kappa shape index (κ1) is 33.4. The van der Waals surface area contributed by atoms with E-state index in [1.807, 2.05) is 35.7 Å². The van der Waals surface area contributed by atoms with Crippen molar-refractivity contribution in [2.24, 2.45) is 0 Å². The second kappa shape index (κ2) is 12.9. The SMILES string of the molecule is CC(C)(C)c1ccnc(-n2c3[c-]c(Oc4[c-]c(N5[CH-]N(c6ccccc6)c6c5ccc5sc7ccccc7c65)ccc4)ccc3c3ccccc32)c1.[Pt]. The third kappa shape index (κ3) is 5.60. The fourth-order valence-corrected chi connectivity index (χ4v) is 8.48. The Morgan fingerprint density at radius 3 is 2.30 bits per heavy atom. The van der Waals surface area contributed by atoms with Crippen LogP contribution in [0.4, 0.5) is 22.7 Å². The van der Waals surface area contributed by atoms with E-state index in [9.17, 15) is 0 Å². The fraction of sp³-hybridized carbons (Fsp3) is 0.0870. The first-order valence-corrected chi connectivity index (χ1v) is 18.3. The van der Waals surface area contributed by atoms with Crippen LogP contribution in [0.1, 0.15) is 26.3 Å². The van der Waals surface area contributed by atoms with Gasteiger partial charge in [-0.3, -0.25) is 0 Å². The smallest absolute Gasteiger partial charge is 0.135 e. The zero-order valence-electron chi connectivity index (χ0n) is 29.3. The Kier molecular flexibility index (Phi) is 8.14. The van der Waals surface area contributed by atoms with Crippen LogP contribution >= 0.6 is 11.3 Å². The number of rotatable bonds is 5. The summed E-state index contributed by atoms with van der Waals surface area (Å²) in [6.07, 6.45) is 1.90. The van der Waals surface area contributed by atoms with Gasteiger partial charge in [-0.25, -0.2) is 4.98 Å². The Morgan fingerprint density at radius 1 is 0.679 bits per heavy atom. The molecule has 0 amide bonds. The van der Waals surface area contributed by atoms with Crippen LogP contribution in [-0.2, 0) is 26.5 Å². The molecule has 0 unspecified atom stereocenters. The van der Waals surface area contributed by atoms with Crippen LogP contribution < -0.4 is 14.5 Å². The van der Waals surface area contributed by atoms with Gasteiger partial charge in [-0.2, -0.15) is 12.1 Å². The van der Waals surface area contributed by atoms with E-state index in [4.69, 9.17) is 9.72 Å². The summed E-state index contributed by atoms with van der Waals surface area (Å²) in [6.45, 7) is 8.84. The van der Waals surface area contributed by atoms with Gasteiger partial charge in [0.2, 0.25) is 0 Å². The summed E-state index contributed by atoms with van der Waals surface area (Å²) in [5, 5.41) is 4.77. The summed E-state index contributed by atoms with van der Waals surface area (Å²) in [7, 11) is 0. The fourth-order valence-electron chi connectivity index (χ4n) is 7.37. The van der Waals surface area contributed by atoms with E-state index < -0.39 is 0 Å². The standard InChI is InChI=1S/C46H33N4OS.Pt/c1-46(2,3)30-24-25-47-43(26-30)50-38-18-9-7-16-35(38)36-21-20-34(28-40(36)50)51-33-15-11-14-32(27-33)48-29-49(31-12-5-4-6-13-31)45-39(48)22-23-42-44(45)37-17-8-10-19-41(37)52-42;/h4-26,29H,1-3H3;/q-3;. The molecule has 10 rings (SSSR count). The van der Waals surface area contributed by atoms with Gasteiger partial charge < -0.3 is 19.1 Å². The first-order valence-electron chi connectivity index (χ1n) is 17.5. The van der Waals surface area contributed by atoms with Crippen LogP contribution in [0.25, 0.3) is 47.8 Å². The van der Waals surface area contributed by atoms with E-state index in [-0.39, 0.29) is 26.5 Å². The minimum absolute atomic E-state index is 0. The van der Waals surface area contributed by atoms with Crippen molar-refractivity contribution in [3.63, 3.8) is 0 Å². The van der Waals surface area contributed by atoms with Crippen molar-refractivity contribution in [2.45, 2.75) is 26.2 Å². The molecule has 7 heteroatoms. The van der Waals surface area contributed by atoms with Gasteiger partial charge in [-0.15, -0.1) is 59.4 Å². The number of hydrogen-bond acceptors (Lipinski definition) is 5. The minimum atomic E-state index is -0.00973. The quantitative estimate of drug-likeness (QED) is 0.161. The van der Waals surface area contributed by atoms with E-state index in [0.717, 1.165) is 50.4 Å². The van der Waals surface area contributed by atoms with Gasteiger partial charge in [0.25, 0.3) is 0 Å². The van der Waals surface area contributed by atoms with E-state index in [1.165, 1.54) is 25.7 Å². The molecular weight excluding hydrogens is 852 g/mol. The van der Waals surface area contributed by atoms with Crippen LogP contribution in [0, 0.1) is 18.8 Å². The number of benzene rings is 6. The molecule has 0 N–H and O–H groups in total. The molecule has 0 fully saturated rings. The van der Waals surface area contributed by atoms with Crippen molar-refractivity contribution < 1.29 is 25.8 Å². The van der Waals surface area contributed by atoms with Crippen LogP contribution in [0.3, 0.4) is 0 Å². The maximum Gasteiger partial charge on any atom is 0.135 e. The molecule has 0 radical (unpaired) electrons. The van der Waals surface area contributed by atoms with Crippen LogP contribution in [0.2, 0.25) is 0 Å². The van der Waals surface area contributed by atoms with Gasteiger partial charge in [0.15, 0.2) is 0 Å². The zero-order valence-corrected chi connectivity index (χ0v) is 32.4. The van der Waals surface area contributed by atoms with Crippen molar-refractivity contribution in [3.8, 4) is 17.3 Å². The number of anilines is 4. The van der Waals surface area contributed by atoms with Crippen LogP contribution in [-0.4, -0.2) is 9.55 Å². The molecule has 0 aliphatic carbocycles. The van der Waals surface area contributed by atoms with Crippen LogP contribution in [0.15, 0.2) is 140 Å². The maximum atomic E-state index is 6.57. The predicted octanol–water partition coefficient (Wildman–Crippen LogP) is 12.6. The Balaban J connectivity index is 0.00000372. The molecule has 0 saturated carbocycles. The number of fused-ring (bicyclic) bond motifs is 8. The average molecular weight is 885 g/mol. The van der Waals surface area contributed by atoms with E-state index in [1.54, 1.807) is 0 Å². The number of hydrogen-bond donors (Lipinski definition) is 0. The molecule has 6 aromatic carbocycles. The monoisotopic (exact) mass is 884 g/mol. The summed E-state index contributed by atoms with van der Waals surface area (Å²) in [6, 6.07) is 53.7. The second-order valence-electron chi connectivity index (χ2n) is 14.2. The summed E-state index contributed by atoms with van der Waals surface area (Å²) >= 11 is 1.83. The maximum absolute atomic E-state index is 6.57. The normalized spacial score (nSPS) is 12.9. The van der Waals surface area contributed by atoms with Gasteiger partial charge in [0, 0.05) is 81.5 Å². The van der Waals surface area contributed by atoms with Crippen molar-refractivity contribution in [2.75, 3.05) is 9.80 Å². The Morgan fingerprint density at radius 2 is 1.45 bits per heavy atom. The van der Waals surface area contributed by atoms with Gasteiger partial charge in [-0.1, -0.05) is 80.9 Å². The second-order valence-corrected chi connectivity index (χ2v) is 15.3. The number of ether oxygens (including phenoxy) is 1. The molecule has 0 spiro atoms. The molecule has 1 aliphatic heterocycles. The largest absolute Gasteiger partial charge is 0.509 e. The molecule has 0 saturated heterocycles. The van der Waals surface area contributed by atoms with Gasteiger partial charge >= 0.3 is 0 Å². The molecule has 5 nitrogen and oxygen atoms in total. The van der Waals surface area contributed by atoms with Crippen molar-refractivity contribution in [1.29, 1.82) is 0 Å². The molecular formula is C46H33N4OPtS-3. The van der Waals surface area contributed by atoms with Gasteiger partial charge in [-0.05, 0) is 64.9 Å². The topological polar surface area (TPSA) is 33.5 Å². The minimum Gasteiger partial charge on any atom is -0.509 e. The molecule has 0 bridgehead atoms. The molecule has 9 aromatic rings. The number of thiophene rings is 1. The molecule has 4 heterocycles. The first-order chi connectivity index (χ1) is 25.4. The Bertz CT molecular complexity index is 2820. The molecule has 262 valence electrons. The van der Waals surface area contributed by atoms with Gasteiger partial charge in [0.1, 0.15) is 5.82 Å². The molecule has 53 heavy (non-hydrogen) atoms. The number of aromatic nitrogens is 2. The number of nitrogens with zero attached hydrogens (tertiary/aromatic N) is 4. The Hall–Kier alpha value is -5.42. The van der Waals surface area contributed by atoms with Crippen LogP contribution in [0.5, 0.6) is 11.5 Å². The van der Waals surface area contributed by atoms with Crippen molar-refractivity contribution in [3.05, 3.63) is 164 Å². The molecule has 0 atom stereocenters. The summed E-state index contributed by atoms with van der Waals surface area (Å²) in [5.41, 5.74) is 7.45. The number of pyridine rings is 1. The third-order valence-electron chi connectivity index (χ3n) is 9.89. The van der Waals surface area contributed by atoms with Gasteiger partial charge in [0.05, 0.1) is 0 Å². The third-order valence-corrected chi connectivity index (χ3v) is 11.0. The number of para-hydroxylation sites is 2. The zero-order chi connectivity index (χ0) is 35.0. The predicted molar refractivity (Wildman–Crippen MR) is 216 cm³/mol. The molecule has 1 aliphatic rings. The summed E-state index contributed by atoms with van der Waals surface area (Å²) in [4.78, 5) is 9.33. The molecule has 3 aromatic heterocycles. The summed E-state index contributed by atoms with van der Waals surface area (Å²) in [5.74, 6) is 2.08. The van der Waals surface area contributed by atoms with Crippen molar-refractivity contribution in [1.82, 2.24) is 9.55 Å². The average Bonchev–Trinajstić information content (AvgIpc) is 3.84.